The lowest BCUT2D eigenvalue weighted by atomic mass is 9.83. The zero-order chi connectivity index (χ0) is 26.7. The molecule has 1 N–H and O–H groups in total. The van der Waals surface area contributed by atoms with Crippen molar-refractivity contribution in [2.75, 3.05) is 47.1 Å². The molecule has 1 saturated heterocycles. The molecular formula is C32H40N2O4. The van der Waals surface area contributed by atoms with Gasteiger partial charge in [-0.1, -0.05) is 61.5 Å². The number of nitrogens with one attached hydrogen (secondary N) is 1. The first-order valence-corrected chi connectivity index (χ1v) is 13.6. The van der Waals surface area contributed by atoms with Gasteiger partial charge in [0.05, 0.1) is 19.8 Å². The molecule has 0 saturated carbocycles. The molecule has 202 valence electrons. The highest BCUT2D eigenvalue weighted by Gasteiger charge is 2.34. The number of piperidine rings is 1. The molecule has 0 aromatic heterocycles. The average Bonchev–Trinajstić information content (AvgIpc) is 2.98. The van der Waals surface area contributed by atoms with Gasteiger partial charge in [-0.3, -0.25) is 4.79 Å². The van der Waals surface area contributed by atoms with E-state index in [1.165, 1.54) is 16.7 Å². The van der Waals surface area contributed by atoms with Crippen LogP contribution in [0, 0.1) is 0 Å². The lowest BCUT2D eigenvalue weighted by molar-refractivity contribution is 0.0619. The number of carbonyl (C=O) groups excluding carboxylic acids is 1. The number of hydrogen-bond donors (Lipinski definition) is 1. The van der Waals surface area contributed by atoms with Crippen LogP contribution in [0.4, 0.5) is 0 Å². The van der Waals surface area contributed by atoms with Crippen molar-refractivity contribution in [3.8, 4) is 22.6 Å². The predicted molar refractivity (Wildman–Crippen MR) is 152 cm³/mol. The fourth-order valence-corrected chi connectivity index (χ4v) is 5.27. The summed E-state index contributed by atoms with van der Waals surface area (Å²) in [6.07, 6.45) is 2.62. The van der Waals surface area contributed by atoms with Gasteiger partial charge in [0.1, 0.15) is 0 Å². The molecule has 6 heteroatoms. The van der Waals surface area contributed by atoms with Gasteiger partial charge in [0.25, 0.3) is 5.91 Å². The van der Waals surface area contributed by atoms with Crippen LogP contribution in [-0.2, 0) is 4.74 Å². The molecule has 6 nitrogen and oxygen atoms in total. The molecule has 38 heavy (non-hydrogen) atoms. The number of carbonyl (C=O) groups is 1. The predicted octanol–water partition coefficient (Wildman–Crippen LogP) is 5.78. The standard InChI is InChI=1S/C32H40N2O4/c1-4-18-34(32(35)27-14-15-30(37-3)31(22-27)38-20-9-19-36-2)29-23-33-17-16-28(29)26-13-8-12-25(21-26)24-10-6-5-7-11-24/h5-8,10-15,21-22,28-29,33H,4,9,16-20,23H2,1-3H3/t28-,29?/m1/s1. The zero-order valence-corrected chi connectivity index (χ0v) is 22.8. The fourth-order valence-electron chi connectivity index (χ4n) is 5.27. The van der Waals surface area contributed by atoms with Crippen molar-refractivity contribution in [2.45, 2.75) is 38.1 Å². The first-order chi connectivity index (χ1) is 18.7. The topological polar surface area (TPSA) is 60.0 Å². The van der Waals surface area contributed by atoms with Crippen molar-refractivity contribution < 1.29 is 19.0 Å². The molecule has 1 fully saturated rings. The second kappa shape index (κ2) is 14.0. The van der Waals surface area contributed by atoms with Crippen LogP contribution in [0.2, 0.25) is 0 Å². The van der Waals surface area contributed by atoms with Gasteiger partial charge in [0.15, 0.2) is 11.5 Å². The van der Waals surface area contributed by atoms with Crippen LogP contribution in [0.3, 0.4) is 0 Å². The molecule has 3 aromatic carbocycles. The Balaban J connectivity index is 1.61. The maximum atomic E-state index is 14.0. The molecule has 0 spiro atoms. The molecule has 2 atom stereocenters. The van der Waals surface area contributed by atoms with Crippen molar-refractivity contribution in [2.24, 2.45) is 0 Å². The number of rotatable bonds is 12. The Morgan fingerprint density at radius 1 is 0.947 bits per heavy atom. The van der Waals surface area contributed by atoms with Gasteiger partial charge < -0.3 is 24.4 Å². The van der Waals surface area contributed by atoms with Gasteiger partial charge >= 0.3 is 0 Å². The third kappa shape index (κ3) is 6.74. The first-order valence-electron chi connectivity index (χ1n) is 13.6. The number of amides is 1. The van der Waals surface area contributed by atoms with E-state index in [0.717, 1.165) is 32.4 Å². The average molecular weight is 517 g/mol. The van der Waals surface area contributed by atoms with Crippen LogP contribution in [0.5, 0.6) is 11.5 Å². The first kappa shape index (κ1) is 27.7. The van der Waals surface area contributed by atoms with Gasteiger partial charge in [-0.25, -0.2) is 0 Å². The second-order valence-electron chi connectivity index (χ2n) is 9.72. The lowest BCUT2D eigenvalue weighted by Gasteiger charge is -2.41. The van der Waals surface area contributed by atoms with Crippen LogP contribution in [0.15, 0.2) is 72.8 Å². The van der Waals surface area contributed by atoms with E-state index >= 15 is 0 Å². The number of nitrogens with zero attached hydrogens (tertiary/aromatic N) is 1. The highest BCUT2D eigenvalue weighted by molar-refractivity contribution is 5.95. The Morgan fingerprint density at radius 2 is 1.76 bits per heavy atom. The molecule has 1 amide bonds. The second-order valence-corrected chi connectivity index (χ2v) is 9.72. The van der Waals surface area contributed by atoms with Gasteiger partial charge in [0.2, 0.25) is 0 Å². The van der Waals surface area contributed by atoms with Crippen LogP contribution < -0.4 is 14.8 Å². The Bertz CT molecular complexity index is 1170. The summed E-state index contributed by atoms with van der Waals surface area (Å²) in [7, 11) is 3.29. The van der Waals surface area contributed by atoms with Crippen LogP contribution in [0.1, 0.15) is 48.0 Å². The van der Waals surface area contributed by atoms with Crippen LogP contribution >= 0.6 is 0 Å². The molecule has 1 aliphatic heterocycles. The monoisotopic (exact) mass is 516 g/mol. The SMILES string of the molecule is CCCN(C(=O)c1ccc(OC)c(OCCCOC)c1)C1CNCC[C@@H]1c1cccc(-c2ccccc2)c1. The Kier molecular flexibility index (Phi) is 10.2. The van der Waals surface area contributed by atoms with Crippen molar-refractivity contribution >= 4 is 5.91 Å². The van der Waals surface area contributed by atoms with Crippen LogP contribution in [-0.4, -0.2) is 63.9 Å². The highest BCUT2D eigenvalue weighted by Crippen LogP contribution is 2.34. The highest BCUT2D eigenvalue weighted by atomic mass is 16.5. The van der Waals surface area contributed by atoms with E-state index in [9.17, 15) is 4.79 Å². The molecule has 1 unspecified atom stereocenters. The summed E-state index contributed by atoms with van der Waals surface area (Å²) in [5.74, 6) is 1.48. The van der Waals surface area contributed by atoms with Crippen molar-refractivity contribution in [1.82, 2.24) is 10.2 Å². The minimum atomic E-state index is 0.0224. The van der Waals surface area contributed by atoms with E-state index in [2.05, 4.69) is 65.7 Å². The largest absolute Gasteiger partial charge is 0.493 e. The van der Waals surface area contributed by atoms with E-state index in [1.54, 1.807) is 14.2 Å². The molecule has 1 aliphatic rings. The summed E-state index contributed by atoms with van der Waals surface area (Å²) in [6.45, 7) is 5.63. The number of methoxy groups -OCH3 is 2. The van der Waals surface area contributed by atoms with Gasteiger partial charge in [-0.2, -0.15) is 0 Å². The summed E-state index contributed by atoms with van der Waals surface area (Å²) in [5, 5.41) is 3.55. The summed E-state index contributed by atoms with van der Waals surface area (Å²) >= 11 is 0. The number of benzene rings is 3. The quantitative estimate of drug-likeness (QED) is 0.310. The molecule has 0 aliphatic carbocycles. The molecule has 0 radical (unpaired) electrons. The normalized spacial score (nSPS) is 17.1. The summed E-state index contributed by atoms with van der Waals surface area (Å²) in [6, 6.07) is 24.8. The zero-order valence-electron chi connectivity index (χ0n) is 22.8. The third-order valence-electron chi connectivity index (χ3n) is 7.16. The maximum absolute atomic E-state index is 14.0. The maximum Gasteiger partial charge on any atom is 0.254 e. The summed E-state index contributed by atoms with van der Waals surface area (Å²) in [5.41, 5.74) is 4.31. The van der Waals surface area contributed by atoms with E-state index in [-0.39, 0.29) is 17.9 Å². The number of hydrogen-bond acceptors (Lipinski definition) is 5. The molecule has 1 heterocycles. The molecule has 3 aromatic rings. The minimum Gasteiger partial charge on any atom is -0.493 e. The lowest BCUT2D eigenvalue weighted by Crippen LogP contribution is -2.52. The summed E-state index contributed by atoms with van der Waals surface area (Å²) < 4.78 is 16.6. The fraction of sp³-hybridized carbons (Fsp3) is 0.406. The van der Waals surface area contributed by atoms with Gasteiger partial charge in [-0.05, 0) is 54.3 Å². The molecule has 0 bridgehead atoms. The van der Waals surface area contributed by atoms with E-state index in [0.29, 0.717) is 36.8 Å². The molecular weight excluding hydrogens is 476 g/mol. The smallest absolute Gasteiger partial charge is 0.254 e. The third-order valence-corrected chi connectivity index (χ3v) is 7.16. The van der Waals surface area contributed by atoms with Crippen LogP contribution in [0.25, 0.3) is 11.1 Å². The molecule has 4 rings (SSSR count). The Hall–Kier alpha value is -3.35. The van der Waals surface area contributed by atoms with Crippen molar-refractivity contribution in [3.05, 3.63) is 83.9 Å². The van der Waals surface area contributed by atoms with E-state index in [4.69, 9.17) is 14.2 Å². The summed E-state index contributed by atoms with van der Waals surface area (Å²) in [4.78, 5) is 16.1. The van der Waals surface area contributed by atoms with E-state index < -0.39 is 0 Å². The van der Waals surface area contributed by atoms with Gasteiger partial charge in [-0.15, -0.1) is 0 Å². The van der Waals surface area contributed by atoms with Crippen molar-refractivity contribution in [3.63, 3.8) is 0 Å². The van der Waals surface area contributed by atoms with Crippen molar-refractivity contribution in [1.29, 1.82) is 0 Å². The Morgan fingerprint density at radius 3 is 2.53 bits per heavy atom. The van der Waals surface area contributed by atoms with E-state index in [1.807, 2.05) is 24.3 Å². The van der Waals surface area contributed by atoms with Gasteiger partial charge in [0, 0.05) is 44.7 Å². The minimum absolute atomic E-state index is 0.0224. The Labute approximate surface area is 226 Å². The number of ether oxygens (including phenoxy) is 3.